The molecule has 1 aliphatic carbocycles. The molecule has 1 N–H and O–H groups in total. The molecule has 5 rings (SSSR count). The minimum Gasteiger partial charge on any atom is -0.490 e. The van der Waals surface area contributed by atoms with Crippen LogP contribution in [0.25, 0.3) is 5.70 Å². The first-order valence-corrected chi connectivity index (χ1v) is 8.54. The van der Waals surface area contributed by atoms with Gasteiger partial charge in [-0.3, -0.25) is 4.79 Å². The summed E-state index contributed by atoms with van der Waals surface area (Å²) in [5.41, 5.74) is 3.89. The van der Waals surface area contributed by atoms with Gasteiger partial charge in [0.05, 0.1) is 11.3 Å². The van der Waals surface area contributed by atoms with Crippen LogP contribution in [-0.2, 0) is 0 Å². The maximum Gasteiger partial charge on any atom is 0.248 e. The molecule has 1 atom stereocenters. The molecule has 1 aliphatic heterocycles. The Bertz CT molecular complexity index is 1100. The van der Waals surface area contributed by atoms with Crippen LogP contribution in [0.3, 0.4) is 0 Å². The number of anilines is 1. The largest absolute Gasteiger partial charge is 0.490 e. The Morgan fingerprint density at radius 3 is 2.70 bits per heavy atom. The minimum atomic E-state index is -0.403. The number of nitrogens with zero attached hydrogens (tertiary/aromatic N) is 4. The van der Waals surface area contributed by atoms with Crippen LogP contribution in [0, 0.1) is 0 Å². The molecule has 0 unspecified atom stereocenters. The van der Waals surface area contributed by atoms with Gasteiger partial charge in [0.1, 0.15) is 18.4 Å². The van der Waals surface area contributed by atoms with E-state index in [2.05, 4.69) is 27.4 Å². The van der Waals surface area contributed by atoms with Crippen LogP contribution in [0.5, 0.6) is 5.75 Å². The number of fused-ring (bicyclic) bond motifs is 3. The molecule has 3 aromatic rings. The van der Waals surface area contributed by atoms with E-state index in [1.807, 2.05) is 48.5 Å². The number of carbonyl (C=O) groups excluding carboxylic acids is 1. The number of hydrogen-bond acceptors (Lipinski definition) is 6. The van der Waals surface area contributed by atoms with Gasteiger partial charge in [0.25, 0.3) is 0 Å². The average Bonchev–Trinajstić information content (AvgIpc) is 3.29. The van der Waals surface area contributed by atoms with Crippen molar-refractivity contribution in [2.45, 2.75) is 6.04 Å². The van der Waals surface area contributed by atoms with Crippen molar-refractivity contribution in [3.63, 3.8) is 0 Å². The SMILES string of the molecule is C=CCOc1ccc([C@@H]2C3=C(Nc4nnnn42)c2ccccc2C3=O)cc1. The lowest BCUT2D eigenvalue weighted by Crippen LogP contribution is -2.25. The van der Waals surface area contributed by atoms with Crippen molar-refractivity contribution >= 4 is 17.4 Å². The maximum atomic E-state index is 13.1. The fraction of sp³-hybridized carbons (Fsp3) is 0.100. The number of allylic oxidation sites excluding steroid dienone is 1. The molecule has 0 amide bonds. The second kappa shape index (κ2) is 5.91. The van der Waals surface area contributed by atoms with Gasteiger partial charge in [-0.25, -0.2) is 0 Å². The van der Waals surface area contributed by atoms with Gasteiger partial charge in [0, 0.05) is 11.1 Å². The second-order valence-electron chi connectivity index (χ2n) is 6.31. The molecule has 0 fully saturated rings. The van der Waals surface area contributed by atoms with Crippen LogP contribution >= 0.6 is 0 Å². The van der Waals surface area contributed by atoms with Crippen molar-refractivity contribution in [3.8, 4) is 5.75 Å². The third-order valence-electron chi connectivity index (χ3n) is 4.77. The number of ketones is 1. The fourth-order valence-electron chi connectivity index (χ4n) is 3.59. The predicted octanol–water partition coefficient (Wildman–Crippen LogP) is 2.86. The topological polar surface area (TPSA) is 81.9 Å². The van der Waals surface area contributed by atoms with Crippen LogP contribution in [-0.4, -0.2) is 32.6 Å². The van der Waals surface area contributed by atoms with E-state index in [4.69, 9.17) is 4.74 Å². The number of ether oxygens (including phenoxy) is 1. The Labute approximate surface area is 155 Å². The number of carbonyl (C=O) groups is 1. The number of tetrazole rings is 1. The van der Waals surface area contributed by atoms with Crippen molar-refractivity contribution in [3.05, 3.63) is 83.4 Å². The van der Waals surface area contributed by atoms with Crippen LogP contribution in [0.4, 0.5) is 5.95 Å². The molecule has 0 saturated carbocycles. The molecular formula is C20H15N5O2. The molecule has 132 valence electrons. The average molecular weight is 357 g/mol. The first-order chi connectivity index (χ1) is 13.3. The van der Waals surface area contributed by atoms with Gasteiger partial charge in [-0.15, -0.1) is 0 Å². The summed E-state index contributed by atoms with van der Waals surface area (Å²) in [5.74, 6) is 1.24. The van der Waals surface area contributed by atoms with Gasteiger partial charge >= 0.3 is 0 Å². The highest BCUT2D eigenvalue weighted by atomic mass is 16.5. The van der Waals surface area contributed by atoms with Crippen LogP contribution < -0.4 is 10.1 Å². The van der Waals surface area contributed by atoms with E-state index in [1.165, 1.54) is 0 Å². The van der Waals surface area contributed by atoms with E-state index in [0.29, 0.717) is 23.7 Å². The monoisotopic (exact) mass is 357 g/mol. The molecule has 2 aromatic carbocycles. The van der Waals surface area contributed by atoms with Crippen LogP contribution in [0.15, 0.2) is 66.8 Å². The Balaban J connectivity index is 1.63. The summed E-state index contributed by atoms with van der Waals surface area (Å²) in [6, 6.07) is 14.8. The molecule has 7 heteroatoms. The van der Waals surface area contributed by atoms with E-state index >= 15 is 0 Å². The van der Waals surface area contributed by atoms with E-state index in [9.17, 15) is 4.79 Å². The summed E-state index contributed by atoms with van der Waals surface area (Å²) in [7, 11) is 0. The second-order valence-corrected chi connectivity index (χ2v) is 6.31. The van der Waals surface area contributed by atoms with Crippen molar-refractivity contribution in [1.82, 2.24) is 20.2 Å². The number of aromatic nitrogens is 4. The van der Waals surface area contributed by atoms with Gasteiger partial charge in [-0.1, -0.05) is 54.2 Å². The fourth-order valence-corrected chi connectivity index (χ4v) is 3.59. The van der Waals surface area contributed by atoms with Gasteiger partial charge in [0.15, 0.2) is 5.78 Å². The van der Waals surface area contributed by atoms with Crippen molar-refractivity contribution in [2.75, 3.05) is 11.9 Å². The predicted molar refractivity (Wildman–Crippen MR) is 99.4 cm³/mol. The number of rotatable bonds is 4. The lowest BCUT2D eigenvalue weighted by molar-refractivity contribution is 0.102. The molecule has 2 aliphatic rings. The zero-order valence-corrected chi connectivity index (χ0v) is 14.3. The smallest absolute Gasteiger partial charge is 0.248 e. The van der Waals surface area contributed by atoms with E-state index in [1.54, 1.807) is 10.8 Å². The van der Waals surface area contributed by atoms with Gasteiger partial charge < -0.3 is 10.1 Å². The Morgan fingerprint density at radius 1 is 1.15 bits per heavy atom. The summed E-state index contributed by atoms with van der Waals surface area (Å²) in [5, 5.41) is 15.2. The highest BCUT2D eigenvalue weighted by molar-refractivity contribution is 6.23. The van der Waals surface area contributed by atoms with E-state index < -0.39 is 6.04 Å². The standard InChI is InChI=1S/C20H15N5O2/c1-2-11-27-13-9-7-12(8-10-13)18-16-17(21-20-22-23-24-25(18)20)14-5-3-4-6-15(14)19(16)26/h2-10,18H,1,11H2,(H,21,22,24)/t18-/m1/s1. The highest BCUT2D eigenvalue weighted by Gasteiger charge is 2.41. The highest BCUT2D eigenvalue weighted by Crippen LogP contribution is 2.44. The molecule has 0 saturated heterocycles. The summed E-state index contributed by atoms with van der Waals surface area (Å²) in [6.45, 7) is 4.09. The zero-order chi connectivity index (χ0) is 18.4. The molecule has 0 spiro atoms. The zero-order valence-electron chi connectivity index (χ0n) is 14.3. The number of benzene rings is 2. The first kappa shape index (κ1) is 15.5. The molecule has 2 heterocycles. The Hall–Kier alpha value is -3.74. The third-order valence-corrected chi connectivity index (χ3v) is 4.77. The summed E-state index contributed by atoms with van der Waals surface area (Å²) < 4.78 is 7.20. The lowest BCUT2D eigenvalue weighted by Gasteiger charge is -2.25. The molecular weight excluding hydrogens is 342 g/mol. The van der Waals surface area contributed by atoms with Gasteiger partial charge in [-0.2, -0.15) is 4.68 Å². The van der Waals surface area contributed by atoms with Crippen molar-refractivity contribution in [2.24, 2.45) is 0 Å². The van der Waals surface area contributed by atoms with Crippen LogP contribution in [0.2, 0.25) is 0 Å². The third kappa shape index (κ3) is 2.28. The molecule has 7 nitrogen and oxygen atoms in total. The summed E-state index contributed by atoms with van der Waals surface area (Å²) in [6.07, 6.45) is 1.69. The van der Waals surface area contributed by atoms with Crippen molar-refractivity contribution < 1.29 is 9.53 Å². The number of nitrogens with one attached hydrogen (secondary N) is 1. The van der Waals surface area contributed by atoms with Gasteiger partial charge in [0.2, 0.25) is 5.95 Å². The quantitative estimate of drug-likeness (QED) is 0.723. The molecule has 1 aromatic heterocycles. The maximum absolute atomic E-state index is 13.1. The summed E-state index contributed by atoms with van der Waals surface area (Å²) >= 11 is 0. The Morgan fingerprint density at radius 2 is 1.93 bits per heavy atom. The molecule has 0 radical (unpaired) electrons. The number of Topliss-reactive ketones (excluding diaryl/α,β-unsaturated/α-hetero) is 1. The Kier molecular flexibility index (Phi) is 3.39. The minimum absolute atomic E-state index is 0.00812. The first-order valence-electron chi connectivity index (χ1n) is 8.54. The molecule has 27 heavy (non-hydrogen) atoms. The van der Waals surface area contributed by atoms with Crippen LogP contribution in [0.1, 0.15) is 27.5 Å². The molecule has 0 bridgehead atoms. The van der Waals surface area contributed by atoms with Gasteiger partial charge in [-0.05, 0) is 28.1 Å². The lowest BCUT2D eigenvalue weighted by atomic mass is 9.94. The van der Waals surface area contributed by atoms with Crippen molar-refractivity contribution in [1.29, 1.82) is 0 Å². The number of hydrogen-bond donors (Lipinski definition) is 1. The summed E-state index contributed by atoms with van der Waals surface area (Å²) in [4.78, 5) is 13.1. The normalized spacial score (nSPS) is 17.0. The van der Waals surface area contributed by atoms with E-state index in [-0.39, 0.29) is 5.78 Å². The van der Waals surface area contributed by atoms with E-state index in [0.717, 1.165) is 22.6 Å².